The second kappa shape index (κ2) is 5.70. The summed E-state index contributed by atoms with van der Waals surface area (Å²) < 4.78 is 4.84. The Kier molecular flexibility index (Phi) is 3.78. The van der Waals surface area contributed by atoms with E-state index in [0.717, 1.165) is 23.5 Å². The molecule has 1 aromatic carbocycles. The lowest BCUT2D eigenvalue weighted by molar-refractivity contribution is 0.218. The molecule has 1 atom stereocenters. The first-order valence-electron chi connectivity index (χ1n) is 7.25. The highest BCUT2D eigenvalue weighted by Crippen LogP contribution is 2.20. The van der Waals surface area contributed by atoms with Crippen molar-refractivity contribution >= 4 is 11.0 Å². The Hall–Kier alpha value is -1.42. The van der Waals surface area contributed by atoms with Crippen molar-refractivity contribution in [3.05, 3.63) is 23.8 Å². The first kappa shape index (κ1) is 12.6. The summed E-state index contributed by atoms with van der Waals surface area (Å²) in [5.74, 6) is 0.854. The molecule has 19 heavy (non-hydrogen) atoms. The van der Waals surface area contributed by atoms with Crippen molar-refractivity contribution in [3.8, 4) is 0 Å². The van der Waals surface area contributed by atoms with Crippen LogP contribution in [0.25, 0.3) is 11.0 Å². The summed E-state index contributed by atoms with van der Waals surface area (Å²) in [6.07, 6.45) is 5.34. The standard InChI is InChI=1S/C15H21N3O/c1-12-5-2-3-9-18(10-8-12)11-13-6-4-7-14-15(13)17-19-16-14/h4,6-7,12H,2-3,5,8-11H2,1H3/t12-/m1/s1. The van der Waals surface area contributed by atoms with E-state index in [1.807, 2.05) is 12.1 Å². The van der Waals surface area contributed by atoms with Gasteiger partial charge in [-0.1, -0.05) is 31.9 Å². The summed E-state index contributed by atoms with van der Waals surface area (Å²) in [6, 6.07) is 6.12. The Labute approximate surface area is 113 Å². The van der Waals surface area contributed by atoms with Crippen molar-refractivity contribution < 1.29 is 4.63 Å². The van der Waals surface area contributed by atoms with Gasteiger partial charge in [0.15, 0.2) is 0 Å². The number of rotatable bonds is 2. The van der Waals surface area contributed by atoms with Gasteiger partial charge in [0.25, 0.3) is 0 Å². The predicted molar refractivity (Wildman–Crippen MR) is 74.7 cm³/mol. The maximum Gasteiger partial charge on any atom is 0.139 e. The van der Waals surface area contributed by atoms with Crippen molar-refractivity contribution in [1.82, 2.24) is 15.2 Å². The first-order chi connectivity index (χ1) is 9.33. The summed E-state index contributed by atoms with van der Waals surface area (Å²) in [6.45, 7) is 5.70. The van der Waals surface area contributed by atoms with Crippen LogP contribution < -0.4 is 0 Å². The smallest absolute Gasteiger partial charge is 0.139 e. The van der Waals surface area contributed by atoms with Crippen LogP contribution in [0.4, 0.5) is 0 Å². The van der Waals surface area contributed by atoms with Crippen LogP contribution in [-0.4, -0.2) is 28.3 Å². The molecule has 1 aliphatic heterocycles. The molecule has 0 bridgehead atoms. The van der Waals surface area contributed by atoms with E-state index >= 15 is 0 Å². The second-order valence-corrected chi connectivity index (χ2v) is 5.71. The highest BCUT2D eigenvalue weighted by atomic mass is 16.6. The fourth-order valence-corrected chi connectivity index (χ4v) is 2.88. The SMILES string of the molecule is C[C@@H]1CCCCN(Cc2cccc3nonc23)CC1. The Bertz CT molecular complexity index is 537. The van der Waals surface area contributed by atoms with Crippen molar-refractivity contribution in [2.75, 3.05) is 13.1 Å². The fourth-order valence-electron chi connectivity index (χ4n) is 2.88. The van der Waals surface area contributed by atoms with Crippen LogP contribution in [0.5, 0.6) is 0 Å². The zero-order valence-corrected chi connectivity index (χ0v) is 11.5. The van der Waals surface area contributed by atoms with Gasteiger partial charge in [0.05, 0.1) is 0 Å². The fraction of sp³-hybridized carbons (Fsp3) is 0.600. The molecular formula is C15H21N3O. The molecule has 1 fully saturated rings. The van der Waals surface area contributed by atoms with Crippen LogP contribution in [0, 0.1) is 5.92 Å². The van der Waals surface area contributed by atoms with E-state index in [4.69, 9.17) is 4.63 Å². The van der Waals surface area contributed by atoms with Gasteiger partial charge < -0.3 is 0 Å². The van der Waals surface area contributed by atoms with Gasteiger partial charge in [0.1, 0.15) is 11.0 Å². The molecule has 1 saturated heterocycles. The van der Waals surface area contributed by atoms with E-state index < -0.39 is 0 Å². The van der Waals surface area contributed by atoms with Crippen LogP contribution in [0.1, 0.15) is 38.2 Å². The normalized spacial score (nSPS) is 22.3. The number of hydrogen-bond acceptors (Lipinski definition) is 4. The summed E-state index contributed by atoms with van der Waals surface area (Å²) >= 11 is 0. The summed E-state index contributed by atoms with van der Waals surface area (Å²) in [5.41, 5.74) is 3.00. The third kappa shape index (κ3) is 2.95. The molecule has 0 aliphatic carbocycles. The largest absolute Gasteiger partial charge is 0.299 e. The summed E-state index contributed by atoms with van der Waals surface area (Å²) in [4.78, 5) is 2.54. The predicted octanol–water partition coefficient (Wildman–Crippen LogP) is 3.23. The van der Waals surface area contributed by atoms with E-state index in [0.29, 0.717) is 0 Å². The Morgan fingerprint density at radius 2 is 2.16 bits per heavy atom. The van der Waals surface area contributed by atoms with Crippen molar-refractivity contribution in [2.24, 2.45) is 5.92 Å². The molecule has 0 saturated carbocycles. The van der Waals surface area contributed by atoms with E-state index in [1.165, 1.54) is 44.3 Å². The lowest BCUT2D eigenvalue weighted by Gasteiger charge is -2.26. The Morgan fingerprint density at radius 3 is 3.11 bits per heavy atom. The van der Waals surface area contributed by atoms with Gasteiger partial charge in [-0.25, -0.2) is 4.63 Å². The lowest BCUT2D eigenvalue weighted by Crippen LogP contribution is -2.28. The zero-order valence-electron chi connectivity index (χ0n) is 11.5. The molecule has 2 aromatic rings. The third-order valence-corrected chi connectivity index (χ3v) is 4.12. The van der Waals surface area contributed by atoms with Crippen LogP contribution in [0.15, 0.2) is 22.8 Å². The number of hydrogen-bond donors (Lipinski definition) is 0. The first-order valence-corrected chi connectivity index (χ1v) is 7.25. The van der Waals surface area contributed by atoms with Gasteiger partial charge >= 0.3 is 0 Å². The maximum atomic E-state index is 4.84. The third-order valence-electron chi connectivity index (χ3n) is 4.12. The lowest BCUT2D eigenvalue weighted by atomic mass is 9.98. The number of nitrogens with zero attached hydrogens (tertiary/aromatic N) is 3. The molecule has 0 spiro atoms. The second-order valence-electron chi connectivity index (χ2n) is 5.71. The number of fused-ring (bicyclic) bond motifs is 1. The molecule has 3 rings (SSSR count). The molecule has 102 valence electrons. The monoisotopic (exact) mass is 259 g/mol. The minimum absolute atomic E-state index is 0.854. The summed E-state index contributed by atoms with van der Waals surface area (Å²) in [7, 11) is 0. The van der Waals surface area contributed by atoms with E-state index in [2.05, 4.69) is 28.2 Å². The highest BCUT2D eigenvalue weighted by molar-refractivity contribution is 5.76. The van der Waals surface area contributed by atoms with E-state index in [1.54, 1.807) is 0 Å². The summed E-state index contributed by atoms with van der Waals surface area (Å²) in [5, 5.41) is 7.94. The molecule has 1 aromatic heterocycles. The molecule has 0 N–H and O–H groups in total. The highest BCUT2D eigenvalue weighted by Gasteiger charge is 2.14. The van der Waals surface area contributed by atoms with Crippen molar-refractivity contribution in [3.63, 3.8) is 0 Å². The minimum atomic E-state index is 0.854. The maximum absolute atomic E-state index is 4.84. The average molecular weight is 259 g/mol. The topological polar surface area (TPSA) is 42.2 Å². The average Bonchev–Trinajstić information content (AvgIpc) is 2.87. The number of aromatic nitrogens is 2. The molecule has 2 heterocycles. The van der Waals surface area contributed by atoms with E-state index in [9.17, 15) is 0 Å². The van der Waals surface area contributed by atoms with Gasteiger partial charge in [0, 0.05) is 6.54 Å². The van der Waals surface area contributed by atoms with Gasteiger partial charge in [-0.2, -0.15) is 0 Å². The van der Waals surface area contributed by atoms with Gasteiger partial charge in [0.2, 0.25) is 0 Å². The van der Waals surface area contributed by atoms with Gasteiger partial charge in [-0.3, -0.25) is 4.90 Å². The molecule has 4 heteroatoms. The molecule has 4 nitrogen and oxygen atoms in total. The molecule has 0 unspecified atom stereocenters. The quantitative estimate of drug-likeness (QED) is 0.830. The van der Waals surface area contributed by atoms with Gasteiger partial charge in [-0.15, -0.1) is 0 Å². The number of likely N-dealkylation sites (tertiary alicyclic amines) is 1. The van der Waals surface area contributed by atoms with Crippen LogP contribution in [-0.2, 0) is 6.54 Å². The van der Waals surface area contributed by atoms with Gasteiger partial charge in [-0.05, 0) is 53.8 Å². The van der Waals surface area contributed by atoms with Crippen LogP contribution in [0.3, 0.4) is 0 Å². The Balaban J connectivity index is 1.74. The number of benzene rings is 1. The van der Waals surface area contributed by atoms with Crippen LogP contribution in [0.2, 0.25) is 0 Å². The van der Waals surface area contributed by atoms with Crippen molar-refractivity contribution in [2.45, 2.75) is 39.2 Å². The molecular weight excluding hydrogens is 238 g/mol. The molecule has 1 aliphatic rings. The Morgan fingerprint density at radius 1 is 1.21 bits per heavy atom. The van der Waals surface area contributed by atoms with Crippen LogP contribution >= 0.6 is 0 Å². The van der Waals surface area contributed by atoms with E-state index in [-0.39, 0.29) is 0 Å². The minimum Gasteiger partial charge on any atom is -0.299 e. The zero-order chi connectivity index (χ0) is 13.1. The molecule has 0 amide bonds. The van der Waals surface area contributed by atoms with Crippen molar-refractivity contribution in [1.29, 1.82) is 0 Å². The molecule has 0 radical (unpaired) electrons.